The highest BCUT2D eigenvalue weighted by atomic mass is 127. The quantitative estimate of drug-likeness (QED) is 0.762. The molecule has 21 heavy (non-hydrogen) atoms. The molecule has 0 amide bonds. The van der Waals surface area contributed by atoms with Gasteiger partial charge in [0.1, 0.15) is 0 Å². The second-order valence-electron chi connectivity index (χ2n) is 6.69. The zero-order valence-electron chi connectivity index (χ0n) is 12.5. The van der Waals surface area contributed by atoms with Crippen LogP contribution in [0.2, 0.25) is 0 Å². The lowest BCUT2D eigenvalue weighted by molar-refractivity contribution is -0.144. The maximum Gasteiger partial charge on any atom is 0.308 e. The summed E-state index contributed by atoms with van der Waals surface area (Å²) in [6.07, 6.45) is 3.07. The zero-order chi connectivity index (χ0) is 15.1. The Hall–Kier alpha value is -0.620. The Labute approximate surface area is 139 Å². The molecule has 0 spiro atoms. The van der Waals surface area contributed by atoms with Gasteiger partial charge in [0.05, 0.1) is 5.92 Å². The number of nitrogens with one attached hydrogen (secondary N) is 1. The number of rotatable bonds is 3. The molecule has 3 nitrogen and oxygen atoms in total. The summed E-state index contributed by atoms with van der Waals surface area (Å²) in [5, 5.41) is 13.1. The molecule has 0 unspecified atom stereocenters. The van der Waals surface area contributed by atoms with E-state index in [1.165, 1.54) is 14.7 Å². The van der Waals surface area contributed by atoms with Crippen LogP contribution in [0.15, 0.2) is 18.2 Å². The van der Waals surface area contributed by atoms with Crippen LogP contribution in [0.5, 0.6) is 0 Å². The van der Waals surface area contributed by atoms with Crippen molar-refractivity contribution in [3.05, 3.63) is 32.9 Å². The van der Waals surface area contributed by atoms with Crippen LogP contribution >= 0.6 is 22.6 Å². The van der Waals surface area contributed by atoms with Gasteiger partial charge in [-0.2, -0.15) is 0 Å². The third kappa shape index (κ3) is 2.84. The summed E-state index contributed by atoms with van der Waals surface area (Å²) in [6, 6.07) is 7.20. The van der Waals surface area contributed by atoms with Crippen molar-refractivity contribution < 1.29 is 9.90 Å². The van der Waals surface area contributed by atoms with E-state index in [9.17, 15) is 9.90 Å². The number of aliphatic carboxylic acids is 1. The molecule has 4 heteroatoms. The lowest BCUT2D eigenvalue weighted by Crippen LogP contribution is -2.47. The molecule has 1 aromatic carbocycles. The Kier molecular flexibility index (Phi) is 4.28. The van der Waals surface area contributed by atoms with Crippen molar-refractivity contribution >= 4 is 28.6 Å². The largest absolute Gasteiger partial charge is 0.481 e. The fourth-order valence-electron chi connectivity index (χ4n) is 3.98. The first-order valence-corrected chi connectivity index (χ1v) is 8.83. The van der Waals surface area contributed by atoms with E-state index in [4.69, 9.17) is 0 Å². The third-order valence-corrected chi connectivity index (χ3v) is 5.98. The van der Waals surface area contributed by atoms with Crippen LogP contribution in [0, 0.1) is 9.49 Å². The Balaban J connectivity index is 1.94. The summed E-state index contributed by atoms with van der Waals surface area (Å²) >= 11 is 2.38. The standard InChI is InChI=1S/C17H22INO2/c1-9(2)12-5-3-10(7-14(12)18)13-8-11-4-6-15(19-11)16(13)17(20)21/h3,5,7,9,11,13,15-16,19H,4,6,8H2,1-2H3,(H,20,21)/t11-,13+,15+,16-/m0/s1. The van der Waals surface area contributed by atoms with E-state index in [1.807, 2.05) is 0 Å². The maximum absolute atomic E-state index is 11.7. The van der Waals surface area contributed by atoms with Crippen molar-refractivity contribution in [1.29, 1.82) is 0 Å². The highest BCUT2D eigenvalue weighted by Crippen LogP contribution is 2.42. The summed E-state index contributed by atoms with van der Waals surface area (Å²) < 4.78 is 1.26. The number of hydrogen-bond donors (Lipinski definition) is 2. The summed E-state index contributed by atoms with van der Waals surface area (Å²) in [7, 11) is 0. The van der Waals surface area contributed by atoms with Crippen molar-refractivity contribution in [3.8, 4) is 0 Å². The van der Waals surface area contributed by atoms with Crippen molar-refractivity contribution in [2.45, 2.75) is 57.0 Å². The summed E-state index contributed by atoms with van der Waals surface area (Å²) in [5.74, 6) is -0.286. The Bertz CT molecular complexity index is 558. The van der Waals surface area contributed by atoms with Gasteiger partial charge in [-0.25, -0.2) is 0 Å². The lowest BCUT2D eigenvalue weighted by atomic mass is 9.77. The predicted octanol–water partition coefficient (Wildman–Crippen LogP) is 3.72. The minimum atomic E-state index is -0.652. The van der Waals surface area contributed by atoms with Crippen molar-refractivity contribution in [2.75, 3.05) is 0 Å². The van der Waals surface area contributed by atoms with Crippen molar-refractivity contribution in [3.63, 3.8) is 0 Å². The molecule has 2 saturated heterocycles. The number of carboxylic acids is 1. The summed E-state index contributed by atoms with van der Waals surface area (Å²) in [4.78, 5) is 11.7. The van der Waals surface area contributed by atoms with E-state index in [2.05, 4.69) is 60.0 Å². The Morgan fingerprint density at radius 1 is 1.38 bits per heavy atom. The molecular weight excluding hydrogens is 377 g/mol. The van der Waals surface area contributed by atoms with Crippen LogP contribution in [0.1, 0.15) is 56.1 Å². The monoisotopic (exact) mass is 399 g/mol. The second-order valence-corrected chi connectivity index (χ2v) is 7.85. The average Bonchev–Trinajstić information content (AvgIpc) is 2.78. The number of piperidine rings is 1. The smallest absolute Gasteiger partial charge is 0.308 e. The van der Waals surface area contributed by atoms with Crippen molar-refractivity contribution in [2.24, 2.45) is 5.92 Å². The molecule has 4 atom stereocenters. The first-order valence-electron chi connectivity index (χ1n) is 7.75. The first-order chi connectivity index (χ1) is 9.97. The van der Waals surface area contributed by atoms with Crippen LogP contribution in [-0.4, -0.2) is 23.2 Å². The molecule has 3 rings (SSSR count). The summed E-state index contributed by atoms with van der Waals surface area (Å²) in [6.45, 7) is 4.39. The van der Waals surface area contributed by atoms with Crippen LogP contribution in [0.4, 0.5) is 0 Å². The fraction of sp³-hybridized carbons (Fsp3) is 0.588. The molecule has 114 valence electrons. The van der Waals surface area contributed by atoms with Gasteiger partial charge < -0.3 is 10.4 Å². The van der Waals surface area contributed by atoms with E-state index >= 15 is 0 Å². The minimum absolute atomic E-state index is 0.147. The lowest BCUT2D eigenvalue weighted by Gasteiger charge is -2.35. The van der Waals surface area contributed by atoms with Gasteiger partial charge >= 0.3 is 5.97 Å². The molecule has 2 heterocycles. The number of benzene rings is 1. The molecular formula is C17H22INO2. The van der Waals surface area contributed by atoms with E-state index in [-0.39, 0.29) is 17.9 Å². The molecule has 2 N–H and O–H groups in total. The topological polar surface area (TPSA) is 49.3 Å². The molecule has 2 aliphatic heterocycles. The Morgan fingerprint density at radius 2 is 2.14 bits per heavy atom. The highest BCUT2D eigenvalue weighted by molar-refractivity contribution is 14.1. The van der Waals surface area contributed by atoms with Gasteiger partial charge in [0.2, 0.25) is 0 Å². The zero-order valence-corrected chi connectivity index (χ0v) is 14.6. The normalized spacial score (nSPS) is 31.6. The molecule has 1 aromatic rings. The number of carboxylic acid groups (broad SMARTS) is 1. The predicted molar refractivity (Wildman–Crippen MR) is 91.7 cm³/mol. The van der Waals surface area contributed by atoms with Gasteiger partial charge in [-0.15, -0.1) is 0 Å². The van der Waals surface area contributed by atoms with Crippen LogP contribution in [0.25, 0.3) is 0 Å². The molecule has 2 fully saturated rings. The van der Waals surface area contributed by atoms with Gasteiger partial charge in [-0.3, -0.25) is 4.79 Å². The SMILES string of the molecule is CC(C)c1ccc([C@H]2C[C@@H]3CC[C@@H](N3)[C@H]2C(=O)O)cc1I. The molecule has 2 bridgehead atoms. The molecule has 2 aliphatic rings. The van der Waals surface area contributed by atoms with E-state index in [1.54, 1.807) is 0 Å². The number of carbonyl (C=O) groups is 1. The summed E-state index contributed by atoms with van der Waals surface area (Å²) in [5.41, 5.74) is 2.55. The highest BCUT2D eigenvalue weighted by Gasteiger charge is 2.45. The molecule has 0 aliphatic carbocycles. The van der Waals surface area contributed by atoms with Gasteiger partial charge in [0.25, 0.3) is 0 Å². The van der Waals surface area contributed by atoms with Gasteiger partial charge in [0.15, 0.2) is 0 Å². The molecule has 0 radical (unpaired) electrons. The number of hydrogen-bond acceptors (Lipinski definition) is 2. The Morgan fingerprint density at radius 3 is 2.76 bits per heavy atom. The van der Waals surface area contributed by atoms with Crippen molar-refractivity contribution in [1.82, 2.24) is 5.32 Å². The van der Waals surface area contributed by atoms with Gasteiger partial charge in [0, 0.05) is 21.6 Å². The van der Waals surface area contributed by atoms with E-state index in [0.29, 0.717) is 12.0 Å². The minimum Gasteiger partial charge on any atom is -0.481 e. The van der Waals surface area contributed by atoms with Crippen LogP contribution < -0.4 is 5.32 Å². The van der Waals surface area contributed by atoms with Gasteiger partial charge in [-0.05, 0) is 65.0 Å². The second kappa shape index (κ2) is 5.88. The molecule has 0 saturated carbocycles. The van der Waals surface area contributed by atoms with Crippen LogP contribution in [-0.2, 0) is 4.79 Å². The molecule has 0 aromatic heterocycles. The van der Waals surface area contributed by atoms with E-state index in [0.717, 1.165) is 19.3 Å². The first kappa shape index (κ1) is 15.3. The van der Waals surface area contributed by atoms with E-state index < -0.39 is 5.97 Å². The fourth-order valence-corrected chi connectivity index (χ4v) is 5.14. The van der Waals surface area contributed by atoms with Gasteiger partial charge in [-0.1, -0.05) is 26.0 Å². The van der Waals surface area contributed by atoms with Crippen LogP contribution in [0.3, 0.4) is 0 Å². The maximum atomic E-state index is 11.7. The number of halogens is 1. The average molecular weight is 399 g/mol. The number of fused-ring (bicyclic) bond motifs is 2. The third-order valence-electron chi connectivity index (χ3n) is 5.04.